The van der Waals surface area contributed by atoms with Gasteiger partial charge < -0.3 is 9.64 Å². The maximum absolute atomic E-state index is 12.5. The van der Waals surface area contributed by atoms with E-state index in [2.05, 4.69) is 10.3 Å². The molecular weight excluding hydrogens is 298 g/mol. The number of nitriles is 1. The SMILES string of the molecule is CC(C#N)n1nnc2cc3c(cc2c1=O)OC1CCCN1C3=O. The maximum atomic E-state index is 12.5. The molecule has 1 amide bonds. The molecule has 0 saturated carbocycles. The number of carbonyl (C=O) groups is 1. The Morgan fingerprint density at radius 3 is 3.04 bits per heavy atom. The smallest absolute Gasteiger partial charge is 0.278 e. The largest absolute Gasteiger partial charge is 0.470 e. The van der Waals surface area contributed by atoms with Gasteiger partial charge in [-0.25, -0.2) is 0 Å². The lowest BCUT2D eigenvalue weighted by Crippen LogP contribution is -2.43. The van der Waals surface area contributed by atoms with Gasteiger partial charge in [-0.2, -0.15) is 9.94 Å². The number of carbonyl (C=O) groups excluding carboxylic acids is 1. The van der Waals surface area contributed by atoms with E-state index in [1.807, 2.05) is 6.07 Å². The molecule has 1 fully saturated rings. The van der Waals surface area contributed by atoms with Crippen molar-refractivity contribution in [2.24, 2.45) is 0 Å². The molecule has 0 spiro atoms. The number of benzene rings is 1. The van der Waals surface area contributed by atoms with E-state index in [-0.39, 0.29) is 12.1 Å². The zero-order chi connectivity index (χ0) is 16.1. The molecule has 1 saturated heterocycles. The predicted molar refractivity (Wildman–Crippen MR) is 78.8 cm³/mol. The first kappa shape index (κ1) is 13.7. The van der Waals surface area contributed by atoms with Crippen molar-refractivity contribution >= 4 is 16.8 Å². The van der Waals surface area contributed by atoms with E-state index in [9.17, 15) is 9.59 Å². The van der Waals surface area contributed by atoms with Crippen LogP contribution in [0.1, 0.15) is 36.2 Å². The lowest BCUT2D eigenvalue weighted by Gasteiger charge is -2.31. The zero-order valence-electron chi connectivity index (χ0n) is 12.4. The van der Waals surface area contributed by atoms with Gasteiger partial charge in [0.25, 0.3) is 11.5 Å². The molecule has 2 atom stereocenters. The number of amides is 1. The summed E-state index contributed by atoms with van der Waals surface area (Å²) in [5.41, 5.74) is 0.303. The first-order valence-electron chi connectivity index (χ1n) is 7.40. The van der Waals surface area contributed by atoms with Crippen molar-refractivity contribution in [1.82, 2.24) is 19.9 Å². The van der Waals surface area contributed by atoms with Crippen molar-refractivity contribution in [3.8, 4) is 11.8 Å². The van der Waals surface area contributed by atoms with Gasteiger partial charge in [-0.1, -0.05) is 5.21 Å². The molecule has 0 N–H and O–H groups in total. The second kappa shape index (κ2) is 4.78. The average Bonchev–Trinajstić information content (AvgIpc) is 3.02. The number of hydrogen-bond acceptors (Lipinski definition) is 6. The summed E-state index contributed by atoms with van der Waals surface area (Å²) in [7, 11) is 0. The number of aromatic nitrogens is 3. The summed E-state index contributed by atoms with van der Waals surface area (Å²) >= 11 is 0. The second-order valence-corrected chi connectivity index (χ2v) is 5.72. The topological polar surface area (TPSA) is 101 Å². The van der Waals surface area contributed by atoms with Gasteiger partial charge in [0.15, 0.2) is 6.23 Å². The molecule has 8 nitrogen and oxygen atoms in total. The van der Waals surface area contributed by atoms with Gasteiger partial charge in [-0.3, -0.25) is 9.59 Å². The first-order chi connectivity index (χ1) is 11.1. The molecule has 3 heterocycles. The summed E-state index contributed by atoms with van der Waals surface area (Å²) in [6.07, 6.45) is 1.42. The van der Waals surface area contributed by atoms with Crippen LogP contribution >= 0.6 is 0 Å². The molecular formula is C15H13N5O3. The van der Waals surface area contributed by atoms with Crippen LogP contribution in [0.15, 0.2) is 16.9 Å². The minimum Gasteiger partial charge on any atom is -0.470 e. The number of fused-ring (bicyclic) bond motifs is 3. The van der Waals surface area contributed by atoms with Gasteiger partial charge in [0.2, 0.25) is 0 Å². The molecule has 116 valence electrons. The van der Waals surface area contributed by atoms with Crippen LogP contribution in [0.3, 0.4) is 0 Å². The summed E-state index contributed by atoms with van der Waals surface area (Å²) in [6.45, 7) is 2.24. The highest BCUT2D eigenvalue weighted by Crippen LogP contribution is 2.34. The molecule has 23 heavy (non-hydrogen) atoms. The second-order valence-electron chi connectivity index (χ2n) is 5.72. The average molecular weight is 311 g/mol. The Bertz CT molecular complexity index is 929. The Morgan fingerprint density at radius 1 is 1.43 bits per heavy atom. The van der Waals surface area contributed by atoms with Crippen LogP contribution in [0.25, 0.3) is 10.9 Å². The van der Waals surface area contributed by atoms with Crippen LogP contribution in [-0.4, -0.2) is 38.6 Å². The van der Waals surface area contributed by atoms with E-state index >= 15 is 0 Å². The standard InChI is InChI=1S/C15H13N5O3/c1-8(7-16)20-15(22)9-6-12-10(5-11(9)17-18-20)14(21)19-4-2-3-13(19)23-12/h5-6,8,13H,2-4H2,1H3. The van der Waals surface area contributed by atoms with E-state index in [4.69, 9.17) is 10.00 Å². The molecule has 1 aromatic heterocycles. The van der Waals surface area contributed by atoms with Gasteiger partial charge in [-0.15, -0.1) is 5.10 Å². The van der Waals surface area contributed by atoms with E-state index in [0.29, 0.717) is 28.8 Å². The van der Waals surface area contributed by atoms with E-state index in [0.717, 1.165) is 17.5 Å². The van der Waals surface area contributed by atoms with Gasteiger partial charge in [-0.05, 0) is 25.5 Å². The maximum Gasteiger partial charge on any atom is 0.278 e. The highest BCUT2D eigenvalue weighted by Gasteiger charge is 2.37. The van der Waals surface area contributed by atoms with Crippen molar-refractivity contribution in [1.29, 1.82) is 5.26 Å². The summed E-state index contributed by atoms with van der Waals surface area (Å²) in [5.74, 6) is 0.291. The van der Waals surface area contributed by atoms with Crippen molar-refractivity contribution < 1.29 is 9.53 Å². The van der Waals surface area contributed by atoms with Gasteiger partial charge in [0, 0.05) is 13.0 Å². The monoisotopic (exact) mass is 311 g/mol. The number of ether oxygens (including phenoxy) is 1. The van der Waals surface area contributed by atoms with Gasteiger partial charge >= 0.3 is 0 Å². The number of rotatable bonds is 1. The molecule has 4 rings (SSSR count). The third-order valence-corrected chi connectivity index (χ3v) is 4.29. The summed E-state index contributed by atoms with van der Waals surface area (Å²) in [4.78, 5) is 26.7. The molecule has 0 radical (unpaired) electrons. The Hall–Kier alpha value is -2.95. The van der Waals surface area contributed by atoms with Crippen molar-refractivity contribution in [3.63, 3.8) is 0 Å². The molecule has 2 aromatic rings. The first-order valence-corrected chi connectivity index (χ1v) is 7.40. The minimum atomic E-state index is -0.719. The van der Waals surface area contributed by atoms with E-state index in [1.165, 1.54) is 12.1 Å². The zero-order valence-corrected chi connectivity index (χ0v) is 12.4. The third-order valence-electron chi connectivity index (χ3n) is 4.29. The molecule has 2 unspecified atom stereocenters. The number of hydrogen-bond donors (Lipinski definition) is 0. The molecule has 2 aliphatic rings. The highest BCUT2D eigenvalue weighted by molar-refractivity contribution is 6.01. The normalized spacial score (nSPS) is 20.6. The van der Waals surface area contributed by atoms with Crippen molar-refractivity contribution in [2.75, 3.05) is 6.54 Å². The quantitative estimate of drug-likeness (QED) is 0.773. The summed E-state index contributed by atoms with van der Waals surface area (Å²) in [6, 6.07) is 4.31. The fourth-order valence-electron chi connectivity index (χ4n) is 3.05. The number of nitrogens with zero attached hydrogens (tertiary/aromatic N) is 5. The Balaban J connectivity index is 1.92. The van der Waals surface area contributed by atoms with Crippen LogP contribution in [0.5, 0.6) is 5.75 Å². The fraction of sp³-hybridized carbons (Fsp3) is 0.400. The van der Waals surface area contributed by atoms with Crippen LogP contribution in [0, 0.1) is 11.3 Å². The van der Waals surface area contributed by atoms with Crippen LogP contribution in [0.2, 0.25) is 0 Å². The summed E-state index contributed by atoms with van der Waals surface area (Å²) < 4.78 is 6.89. The van der Waals surface area contributed by atoms with Crippen LogP contribution in [0.4, 0.5) is 0 Å². The van der Waals surface area contributed by atoms with Crippen LogP contribution < -0.4 is 10.3 Å². The lowest BCUT2D eigenvalue weighted by molar-refractivity contribution is 0.0295. The Labute approximate surface area is 130 Å². The Kier molecular flexibility index (Phi) is 2.84. The Morgan fingerprint density at radius 2 is 2.26 bits per heavy atom. The predicted octanol–water partition coefficient (Wildman–Crippen LogP) is 0.831. The van der Waals surface area contributed by atoms with Gasteiger partial charge in [0.1, 0.15) is 17.3 Å². The minimum absolute atomic E-state index is 0.105. The fourth-order valence-corrected chi connectivity index (χ4v) is 3.05. The van der Waals surface area contributed by atoms with Crippen molar-refractivity contribution in [3.05, 3.63) is 28.0 Å². The lowest BCUT2D eigenvalue weighted by atomic mass is 10.1. The van der Waals surface area contributed by atoms with Gasteiger partial charge in [0.05, 0.1) is 17.0 Å². The van der Waals surface area contributed by atoms with E-state index in [1.54, 1.807) is 11.8 Å². The molecule has 8 heteroatoms. The molecule has 2 aliphatic heterocycles. The molecule has 0 bridgehead atoms. The third kappa shape index (κ3) is 1.90. The van der Waals surface area contributed by atoms with Crippen LogP contribution in [-0.2, 0) is 0 Å². The summed E-state index contributed by atoms with van der Waals surface area (Å²) in [5, 5.41) is 17.0. The van der Waals surface area contributed by atoms with E-state index < -0.39 is 11.6 Å². The molecule has 0 aliphatic carbocycles. The molecule has 1 aromatic carbocycles. The van der Waals surface area contributed by atoms with Crippen molar-refractivity contribution in [2.45, 2.75) is 32.0 Å². The highest BCUT2D eigenvalue weighted by atomic mass is 16.5.